The number of halogens is 1. The van der Waals surface area contributed by atoms with Crippen LogP contribution in [0.15, 0.2) is 82.4 Å². The van der Waals surface area contributed by atoms with Crippen LogP contribution in [0.3, 0.4) is 0 Å². The molecule has 42 heavy (non-hydrogen) atoms. The fourth-order valence-electron chi connectivity index (χ4n) is 4.82. The van der Waals surface area contributed by atoms with Crippen LogP contribution in [-0.4, -0.2) is 31.0 Å². The minimum absolute atomic E-state index is 0.313. The van der Waals surface area contributed by atoms with Crippen molar-refractivity contribution in [3.05, 3.63) is 115 Å². The lowest BCUT2D eigenvalue weighted by molar-refractivity contribution is -0.109. The number of carbonyl (C=O) groups excluding carboxylic acids is 2. The molecule has 1 unspecified atom stereocenters. The maximum atomic E-state index is 13.3. The first-order valence-electron chi connectivity index (χ1n) is 13.6. The third-order valence-corrected chi connectivity index (χ3v) is 7.43. The van der Waals surface area contributed by atoms with Crippen LogP contribution in [0.25, 0.3) is 11.3 Å². The predicted molar refractivity (Wildman–Crippen MR) is 165 cm³/mol. The molecule has 1 aromatic heterocycles. The average Bonchev–Trinajstić information content (AvgIpc) is 3.12. The third kappa shape index (κ3) is 6.98. The van der Waals surface area contributed by atoms with Gasteiger partial charge in [-0.25, -0.2) is 0 Å². The number of hydrogen-bond acceptors (Lipinski definition) is 6. The van der Waals surface area contributed by atoms with Gasteiger partial charge in [0.25, 0.3) is 11.5 Å². The average molecular weight is 588 g/mol. The highest BCUT2D eigenvalue weighted by atomic mass is 35.5. The minimum atomic E-state index is -0.377. The first kappa shape index (κ1) is 30.3. The molecule has 10 heteroatoms. The number of pyridine rings is 1. The number of amides is 2. The molecule has 218 valence electrons. The lowest BCUT2D eigenvalue weighted by atomic mass is 10.0. The van der Waals surface area contributed by atoms with Crippen LogP contribution < -0.4 is 32.2 Å². The molecule has 2 aromatic carbocycles. The summed E-state index contributed by atoms with van der Waals surface area (Å²) in [5.74, 6) is 0.190. The molecule has 3 aromatic rings. The van der Waals surface area contributed by atoms with Crippen molar-refractivity contribution in [3.63, 3.8) is 0 Å². The van der Waals surface area contributed by atoms with Gasteiger partial charge in [-0.2, -0.15) is 4.99 Å². The second-order valence-electron chi connectivity index (χ2n) is 9.91. The molecule has 1 aliphatic rings. The fourth-order valence-corrected chi connectivity index (χ4v) is 4.99. The van der Waals surface area contributed by atoms with Crippen LogP contribution in [0.5, 0.6) is 0 Å². The topological polar surface area (TPSA) is 125 Å². The van der Waals surface area contributed by atoms with Gasteiger partial charge in [-0.3, -0.25) is 14.4 Å². The maximum Gasteiger partial charge on any atom is 0.258 e. The number of allylic oxidation sites excluding steroid dienone is 1. The van der Waals surface area contributed by atoms with Crippen molar-refractivity contribution >= 4 is 40.9 Å². The van der Waals surface area contributed by atoms with Gasteiger partial charge in [0.15, 0.2) is 0 Å². The van der Waals surface area contributed by atoms with Crippen molar-refractivity contribution in [2.45, 2.75) is 39.2 Å². The molecule has 0 saturated heterocycles. The number of nitrogens with one attached hydrogen (secondary N) is 4. The van der Waals surface area contributed by atoms with Gasteiger partial charge < -0.3 is 25.7 Å². The van der Waals surface area contributed by atoms with E-state index >= 15 is 0 Å². The van der Waals surface area contributed by atoms with E-state index in [-0.39, 0.29) is 17.5 Å². The van der Waals surface area contributed by atoms with Gasteiger partial charge in [-0.15, -0.1) is 0 Å². The highest BCUT2D eigenvalue weighted by molar-refractivity contribution is 6.33. The highest BCUT2D eigenvalue weighted by Crippen LogP contribution is 2.27. The van der Waals surface area contributed by atoms with Gasteiger partial charge in [0.05, 0.1) is 29.4 Å². The van der Waals surface area contributed by atoms with E-state index in [0.717, 1.165) is 28.3 Å². The zero-order valence-electron chi connectivity index (χ0n) is 23.8. The number of hydrogen-bond donors (Lipinski definition) is 4. The largest absolute Gasteiger partial charge is 0.481 e. The fraction of sp³-hybridized carbons (Fsp3) is 0.250. The molecule has 0 radical (unpaired) electrons. The smallest absolute Gasteiger partial charge is 0.258 e. The summed E-state index contributed by atoms with van der Waals surface area (Å²) in [7, 11) is 1.57. The van der Waals surface area contributed by atoms with Crippen molar-refractivity contribution < 1.29 is 14.3 Å². The number of aromatic amines is 1. The Hall–Kier alpha value is -4.63. The molecular weight excluding hydrogens is 554 g/mol. The zero-order valence-corrected chi connectivity index (χ0v) is 24.6. The van der Waals surface area contributed by atoms with E-state index in [4.69, 9.17) is 16.3 Å². The first-order valence-corrected chi connectivity index (χ1v) is 14.0. The SMILES string of the molecule is C=C(Nc1cc(C(=O)NC(CCNC=O)c2ccccc2)ccc1Cl)c1cc2c([nH]c1=O)=NC(OC)=C(CC)CC=2C. The zero-order chi connectivity index (χ0) is 30.2. The maximum absolute atomic E-state index is 13.3. The molecule has 9 nitrogen and oxygen atoms in total. The second-order valence-corrected chi connectivity index (χ2v) is 10.3. The minimum Gasteiger partial charge on any atom is -0.481 e. The Balaban J connectivity index is 1.60. The Morgan fingerprint density at radius 1 is 1.21 bits per heavy atom. The van der Waals surface area contributed by atoms with Crippen molar-refractivity contribution in [1.29, 1.82) is 0 Å². The summed E-state index contributed by atoms with van der Waals surface area (Å²) in [6.45, 7) is 8.52. The van der Waals surface area contributed by atoms with E-state index in [1.165, 1.54) is 0 Å². The van der Waals surface area contributed by atoms with Gasteiger partial charge in [0, 0.05) is 23.0 Å². The summed E-state index contributed by atoms with van der Waals surface area (Å²) in [4.78, 5) is 44.6. The van der Waals surface area contributed by atoms with Gasteiger partial charge in [-0.05, 0) is 61.6 Å². The van der Waals surface area contributed by atoms with Crippen molar-refractivity contribution in [3.8, 4) is 0 Å². The molecular formula is C32H34ClN5O4. The summed E-state index contributed by atoms with van der Waals surface area (Å²) in [6.07, 6.45) is 2.58. The molecule has 0 bridgehead atoms. The van der Waals surface area contributed by atoms with Crippen LogP contribution in [0.4, 0.5) is 5.69 Å². The van der Waals surface area contributed by atoms with E-state index in [1.807, 2.05) is 44.2 Å². The summed E-state index contributed by atoms with van der Waals surface area (Å²) >= 11 is 6.48. The third-order valence-electron chi connectivity index (χ3n) is 7.10. The second kappa shape index (κ2) is 13.8. The number of H-pyrrole nitrogens is 1. The van der Waals surface area contributed by atoms with Crippen molar-refractivity contribution in [1.82, 2.24) is 15.6 Å². The van der Waals surface area contributed by atoms with Gasteiger partial charge in [0.1, 0.15) is 5.49 Å². The van der Waals surface area contributed by atoms with Crippen molar-refractivity contribution in [2.24, 2.45) is 4.99 Å². The van der Waals surface area contributed by atoms with Crippen LogP contribution in [0.2, 0.25) is 5.02 Å². The Morgan fingerprint density at radius 3 is 2.67 bits per heavy atom. The number of methoxy groups -OCH3 is 1. The van der Waals surface area contributed by atoms with Crippen molar-refractivity contribution in [2.75, 3.05) is 19.0 Å². The predicted octanol–water partition coefficient (Wildman–Crippen LogP) is 4.18. The molecule has 0 fully saturated rings. The summed E-state index contributed by atoms with van der Waals surface area (Å²) in [6, 6.07) is 15.8. The quantitative estimate of drug-likeness (QED) is 0.187. The number of aromatic nitrogens is 1. The Morgan fingerprint density at radius 2 is 1.98 bits per heavy atom. The Labute approximate surface area is 249 Å². The van der Waals surface area contributed by atoms with Crippen LogP contribution in [0, 0.1) is 0 Å². The van der Waals surface area contributed by atoms with Crippen LogP contribution in [0.1, 0.15) is 60.6 Å². The van der Waals surface area contributed by atoms with Gasteiger partial charge in [-0.1, -0.05) is 61.0 Å². The molecule has 0 aliphatic carbocycles. The number of ether oxygens (including phenoxy) is 1. The lowest BCUT2D eigenvalue weighted by Crippen LogP contribution is -2.37. The molecule has 1 aliphatic heterocycles. The monoisotopic (exact) mass is 587 g/mol. The number of benzene rings is 2. The summed E-state index contributed by atoms with van der Waals surface area (Å²) in [5, 5.41) is 9.95. The van der Waals surface area contributed by atoms with E-state index in [9.17, 15) is 14.4 Å². The molecule has 2 amide bonds. The van der Waals surface area contributed by atoms with E-state index in [1.54, 1.807) is 31.4 Å². The molecule has 0 spiro atoms. The molecule has 4 rings (SSSR count). The number of fused-ring (bicyclic) bond motifs is 1. The van der Waals surface area contributed by atoms with E-state index in [2.05, 4.69) is 32.5 Å². The molecule has 0 saturated carbocycles. The Bertz CT molecular complexity index is 1710. The molecule has 4 N–H and O–H groups in total. The number of anilines is 1. The van der Waals surface area contributed by atoms with E-state index in [0.29, 0.717) is 64.7 Å². The Kier molecular flexibility index (Phi) is 9.98. The van der Waals surface area contributed by atoms with Gasteiger partial charge in [0.2, 0.25) is 12.3 Å². The standard InChI is InChI=1S/C32H34ClN5O4/c1-5-21-15-19(2)24-17-25(31(41)37-29(24)38-32(21)42-4)20(3)35-28-16-23(11-12-26(28)33)30(40)36-27(13-14-34-18-39)22-9-7-6-8-10-22/h6-12,16-18,27,35H,3,5,13-15H2,1-2,4H3,(H,34,39)(H,36,40)(H,37,38,41). The number of rotatable bonds is 12. The van der Waals surface area contributed by atoms with Crippen LogP contribution in [-0.2, 0) is 9.53 Å². The molecule has 1 atom stereocenters. The number of nitrogens with zero attached hydrogens (tertiary/aromatic N) is 1. The normalized spacial score (nSPS) is 13.3. The molecule has 2 heterocycles. The van der Waals surface area contributed by atoms with Crippen LogP contribution >= 0.6 is 11.6 Å². The highest BCUT2D eigenvalue weighted by Gasteiger charge is 2.18. The summed E-state index contributed by atoms with van der Waals surface area (Å²) in [5.41, 5.74) is 4.47. The number of carbonyl (C=O) groups is 2. The van der Waals surface area contributed by atoms with E-state index < -0.39 is 0 Å². The lowest BCUT2D eigenvalue weighted by Gasteiger charge is -2.20. The first-order chi connectivity index (χ1) is 20.2. The van der Waals surface area contributed by atoms with Gasteiger partial charge >= 0.3 is 0 Å². The summed E-state index contributed by atoms with van der Waals surface area (Å²) < 4.78 is 5.48.